The quantitative estimate of drug-likeness (QED) is 0.171. The Kier molecular flexibility index (Phi) is 18.6. The van der Waals surface area contributed by atoms with Crippen molar-refractivity contribution in [1.82, 2.24) is 22.8 Å². The number of hydrogen-bond donors (Lipinski definition) is 2. The number of aryl methyl sites for hydroxylation is 1. The van der Waals surface area contributed by atoms with Gasteiger partial charge in [0, 0.05) is 123 Å². The van der Waals surface area contributed by atoms with Gasteiger partial charge < -0.3 is 47.3 Å². The normalized spacial score (nSPS) is 21.6. The number of methoxy groups -OCH3 is 1. The maximum Gasteiger partial charge on any atom is 0.163 e. The van der Waals surface area contributed by atoms with E-state index in [9.17, 15) is 10.2 Å². The van der Waals surface area contributed by atoms with Gasteiger partial charge in [0.1, 0.15) is 6.10 Å². The highest BCUT2D eigenvalue weighted by Gasteiger charge is 2.46. The maximum atomic E-state index is 9.98. The van der Waals surface area contributed by atoms with Gasteiger partial charge in [-0.2, -0.15) is 0 Å². The van der Waals surface area contributed by atoms with Gasteiger partial charge >= 0.3 is 0 Å². The summed E-state index contributed by atoms with van der Waals surface area (Å²) in [5.41, 5.74) is 22.3. The van der Waals surface area contributed by atoms with Crippen LogP contribution in [0.4, 0.5) is 0 Å². The third-order valence-corrected chi connectivity index (χ3v) is 21.2. The molecule has 2 N–H and O–H groups in total. The average Bonchev–Trinajstić information content (AvgIpc) is 1.64. The Balaban J connectivity index is 0.000000114. The largest absolute Gasteiger partial charge is 0.390 e. The first kappa shape index (κ1) is 68.5. The van der Waals surface area contributed by atoms with Crippen LogP contribution in [-0.4, -0.2) is 76.5 Å². The number of aliphatic hydroxyl groups excluding tert-OH is 2. The zero-order valence-electron chi connectivity index (χ0n) is 61.3. The van der Waals surface area contributed by atoms with Crippen molar-refractivity contribution in [2.45, 2.75) is 279 Å². The van der Waals surface area contributed by atoms with E-state index >= 15 is 0 Å². The van der Waals surface area contributed by atoms with E-state index in [4.69, 9.17) is 14.2 Å². The Bertz CT molecular complexity index is 4410. The fraction of sp³-hybridized carbons (Fsp3) is 0.529. The summed E-state index contributed by atoms with van der Waals surface area (Å²) in [6, 6.07) is 43.7. The summed E-state index contributed by atoms with van der Waals surface area (Å²) in [7, 11) is 1.83. The lowest BCUT2D eigenvalue weighted by Gasteiger charge is -2.29. The Morgan fingerprint density at radius 1 is 0.389 bits per heavy atom. The second kappa shape index (κ2) is 25.8. The van der Waals surface area contributed by atoms with Gasteiger partial charge in [0.25, 0.3) is 0 Å². The van der Waals surface area contributed by atoms with Crippen LogP contribution in [0, 0.1) is 5.92 Å². The first-order chi connectivity index (χ1) is 44.7. The van der Waals surface area contributed by atoms with E-state index in [1.807, 2.05) is 27.0 Å². The number of para-hydroxylation sites is 5. The van der Waals surface area contributed by atoms with Crippen LogP contribution in [0.25, 0.3) is 54.5 Å². The molecule has 0 amide bonds. The van der Waals surface area contributed by atoms with Crippen molar-refractivity contribution >= 4 is 54.5 Å². The molecule has 10 nitrogen and oxygen atoms in total. The molecular formula is C85H113N5O5. The number of benzene rings is 5. The zero-order chi connectivity index (χ0) is 68.1. The first-order valence-electron chi connectivity index (χ1n) is 36.0. The number of rotatable bonds is 1. The van der Waals surface area contributed by atoms with Gasteiger partial charge in [-0.15, -0.1) is 0 Å². The van der Waals surface area contributed by atoms with Crippen LogP contribution in [-0.2, 0) is 106 Å². The van der Waals surface area contributed by atoms with E-state index in [0.29, 0.717) is 19.1 Å². The predicted octanol–water partition coefficient (Wildman–Crippen LogP) is 18.9. The van der Waals surface area contributed by atoms with Gasteiger partial charge in [0.2, 0.25) is 0 Å². The zero-order valence-corrected chi connectivity index (χ0v) is 61.3. The van der Waals surface area contributed by atoms with Crippen molar-refractivity contribution < 1.29 is 24.4 Å². The molecule has 16 rings (SSSR count). The van der Waals surface area contributed by atoms with Crippen LogP contribution in [0.3, 0.4) is 0 Å². The molecular weight excluding hydrogens is 1170 g/mol. The van der Waals surface area contributed by atoms with Crippen LogP contribution in [0.15, 0.2) is 121 Å². The minimum absolute atomic E-state index is 0.0300. The Labute approximate surface area is 568 Å². The second-order valence-corrected chi connectivity index (χ2v) is 34.3. The third-order valence-electron chi connectivity index (χ3n) is 21.2. The van der Waals surface area contributed by atoms with Crippen LogP contribution < -0.4 is 0 Å². The highest BCUT2D eigenvalue weighted by molar-refractivity contribution is 5.90. The molecule has 0 aliphatic carbocycles. The lowest BCUT2D eigenvalue weighted by Crippen LogP contribution is -2.38. The van der Waals surface area contributed by atoms with Gasteiger partial charge in [0.15, 0.2) is 5.79 Å². The molecule has 10 aromatic rings. The standard InChI is InChI=1S/C19H25NO2.C17H23NO.C17H23N.C16H21NO2.C16H21N/c1-18(2,3)17-12-8-6-7-9-13(12)20-11-16-15(10-14(17)20)21-19(4,5)22-16;1-17(2,3)16-13-7-5-6-8-14(13)18-11-12(19-4)9-10-15(16)18;1-12-9-10-15-16(17(2,3)4)13-7-5-6-8-14(13)18(15)11-12;1-16(2,3)15-10-6-4-5-7-11(10)17-9-14(19)13(18)8-12(15)17;1-16(2,3)15-12-8-4-5-9-13(12)17-11-7-6-10-14(15)17/h6-9,15-16H,10-11H2,1-5H3;5-8,12H,9-11H2,1-4H3;5-8,12H,9-11H2,1-4H3;4-7,13-14,18-19H,8-9H2,1-3H3;4-5,8-9H,6-7,10-11H2,1-3H3/t15?,16-;;;13?,14-;/m0..0./s1. The average molecular weight is 1280 g/mol. The molecule has 0 spiro atoms. The van der Waals surface area contributed by atoms with Gasteiger partial charge in [-0.25, -0.2) is 0 Å². The molecule has 4 unspecified atom stereocenters. The number of nitrogens with zero attached hydrogens (tertiary/aromatic N) is 5. The minimum Gasteiger partial charge on any atom is -0.390 e. The lowest BCUT2D eigenvalue weighted by molar-refractivity contribution is -0.145. The molecule has 5 aromatic heterocycles. The SMILES string of the molecule is CC(C)(C)c1c2n(c3ccccc13)CCCC2.CC(C)(C)c1c2n(c3ccccc13)C[C@H](O)C(O)C2.CC1(C)OC2Cc3c(C(C)(C)C)c4ccccc4n3C[C@@H]2O1.CC1CCc2c(C(C)(C)C)c3ccccc3n2C1.COC1CCc2c(C(C)(C)C)c3ccccc3n2C1. The molecule has 10 heteroatoms. The van der Waals surface area contributed by atoms with Gasteiger partial charge in [-0.3, -0.25) is 0 Å². The highest BCUT2D eigenvalue weighted by Crippen LogP contribution is 2.45. The monoisotopic (exact) mass is 1280 g/mol. The van der Waals surface area contributed by atoms with Crippen LogP contribution in [0.5, 0.6) is 0 Å². The highest BCUT2D eigenvalue weighted by atomic mass is 16.8. The molecule has 1 fully saturated rings. The van der Waals surface area contributed by atoms with E-state index in [-0.39, 0.29) is 39.3 Å². The van der Waals surface area contributed by atoms with Crippen molar-refractivity contribution in [1.29, 1.82) is 0 Å². The summed E-state index contributed by atoms with van der Waals surface area (Å²) < 4.78 is 30.1. The van der Waals surface area contributed by atoms with Crippen molar-refractivity contribution in [3.63, 3.8) is 0 Å². The molecule has 1 saturated heterocycles. The molecule has 11 heterocycles. The van der Waals surface area contributed by atoms with E-state index < -0.39 is 18.0 Å². The molecule has 95 heavy (non-hydrogen) atoms. The van der Waals surface area contributed by atoms with E-state index in [1.165, 1.54) is 128 Å². The number of fused-ring (bicyclic) bond motifs is 16. The molecule has 6 aliphatic heterocycles. The Morgan fingerprint density at radius 2 is 0.737 bits per heavy atom. The molecule has 6 atom stereocenters. The maximum absolute atomic E-state index is 9.98. The summed E-state index contributed by atoms with van der Waals surface area (Å²) in [6.07, 6.45) is 9.59. The summed E-state index contributed by atoms with van der Waals surface area (Å²) in [5.74, 6) is 0.345. The van der Waals surface area contributed by atoms with Crippen molar-refractivity contribution in [3.8, 4) is 0 Å². The van der Waals surface area contributed by atoms with Gasteiger partial charge in [0.05, 0.1) is 37.5 Å². The number of hydrogen-bond acceptors (Lipinski definition) is 5. The van der Waals surface area contributed by atoms with Crippen molar-refractivity contribution in [2.75, 3.05) is 7.11 Å². The number of ether oxygens (including phenoxy) is 3. The summed E-state index contributed by atoms with van der Waals surface area (Å²) >= 11 is 0. The Hall–Kier alpha value is -6.40. The molecule has 6 aliphatic rings. The summed E-state index contributed by atoms with van der Waals surface area (Å²) in [5, 5.41) is 26.9. The fourth-order valence-electron chi connectivity index (χ4n) is 17.6. The third kappa shape index (κ3) is 13.3. The Morgan fingerprint density at radius 3 is 1.17 bits per heavy atom. The summed E-state index contributed by atoms with van der Waals surface area (Å²) in [4.78, 5) is 0. The summed E-state index contributed by atoms with van der Waals surface area (Å²) in [6.45, 7) is 45.6. The van der Waals surface area contributed by atoms with E-state index in [1.54, 1.807) is 22.5 Å². The molecule has 508 valence electrons. The number of aliphatic hydroxyl groups is 2. The fourth-order valence-corrected chi connectivity index (χ4v) is 17.6. The minimum atomic E-state index is -0.670. The second-order valence-electron chi connectivity index (χ2n) is 34.3. The molecule has 5 aromatic carbocycles. The van der Waals surface area contributed by atoms with Crippen molar-refractivity contribution in [3.05, 3.63) is 178 Å². The first-order valence-corrected chi connectivity index (χ1v) is 36.0. The predicted molar refractivity (Wildman–Crippen MR) is 396 cm³/mol. The van der Waals surface area contributed by atoms with Gasteiger partial charge in [-0.1, -0.05) is 202 Å². The molecule has 0 radical (unpaired) electrons. The topological polar surface area (TPSA) is 92.8 Å². The lowest BCUT2D eigenvalue weighted by atomic mass is 9.83. The van der Waals surface area contributed by atoms with Crippen molar-refractivity contribution in [2.24, 2.45) is 5.92 Å². The van der Waals surface area contributed by atoms with E-state index in [2.05, 4.69) is 249 Å². The smallest absolute Gasteiger partial charge is 0.163 e. The molecule has 0 bridgehead atoms. The van der Waals surface area contributed by atoms with Crippen LogP contribution in [0.2, 0.25) is 0 Å². The van der Waals surface area contributed by atoms with E-state index in [0.717, 1.165) is 43.8 Å². The molecule has 0 saturated carbocycles. The van der Waals surface area contributed by atoms with Crippen LogP contribution in [0.1, 0.15) is 207 Å². The van der Waals surface area contributed by atoms with Crippen LogP contribution >= 0.6 is 0 Å². The number of aromatic nitrogens is 5. The van der Waals surface area contributed by atoms with Gasteiger partial charge in [-0.05, 0) is 150 Å².